The fourth-order valence-corrected chi connectivity index (χ4v) is 5.39. The Morgan fingerprint density at radius 2 is 1.27 bits per heavy atom. The minimum Gasteiger partial charge on any atom is -0.185 e. The van der Waals surface area contributed by atoms with Crippen molar-refractivity contribution in [2.24, 2.45) is 0 Å². The molecule has 3 heteroatoms. The Kier molecular flexibility index (Phi) is 8.98. The normalized spacial score (nSPS) is 9.92. The zero-order chi connectivity index (χ0) is 18.6. The Morgan fingerprint density at radius 3 is 1.77 bits per heavy atom. The summed E-state index contributed by atoms with van der Waals surface area (Å²) in [6, 6.07) is 30.9. The van der Waals surface area contributed by atoms with Gasteiger partial charge in [0.1, 0.15) is 5.40 Å². The first-order valence-electron chi connectivity index (χ1n) is 8.83. The zero-order valence-corrected chi connectivity index (χ0v) is 16.8. The molecule has 0 N–H and O–H groups in total. The molecule has 3 aromatic rings. The fourth-order valence-electron chi connectivity index (χ4n) is 2.89. The fraction of sp³-hybridized carbons (Fsp3) is 0.174. The van der Waals surface area contributed by atoms with Crippen molar-refractivity contribution >= 4 is 36.5 Å². The Labute approximate surface area is 163 Å². The summed E-state index contributed by atoms with van der Waals surface area (Å²) in [6.07, 6.45) is 3.66. The summed E-state index contributed by atoms with van der Waals surface area (Å²) >= 11 is 3.09. The molecule has 0 atom stereocenters. The smallest absolute Gasteiger partial charge is 0.130 e. The van der Waals surface area contributed by atoms with Crippen LogP contribution in [0, 0.1) is 10.7 Å². The average Bonchev–Trinajstić information content (AvgIpc) is 2.70. The first kappa shape index (κ1) is 20.2. The molecule has 0 saturated heterocycles. The third-order valence-corrected chi connectivity index (χ3v) is 6.61. The molecule has 0 spiro atoms. The largest absolute Gasteiger partial charge is 0.185 e. The highest BCUT2D eigenvalue weighted by Gasteiger charge is 2.18. The minimum absolute atomic E-state index is 0.483. The van der Waals surface area contributed by atoms with E-state index in [1.807, 2.05) is 0 Å². The van der Waals surface area contributed by atoms with Crippen LogP contribution >= 0.6 is 20.6 Å². The second kappa shape index (κ2) is 11.5. The van der Waals surface area contributed by atoms with Gasteiger partial charge in [0.2, 0.25) is 0 Å². The highest BCUT2D eigenvalue weighted by molar-refractivity contribution is 7.85. The molecule has 3 rings (SSSR count). The predicted octanol–water partition coefficient (Wildman–Crippen LogP) is 5.18. The van der Waals surface area contributed by atoms with Gasteiger partial charge in [0, 0.05) is 0 Å². The van der Waals surface area contributed by atoms with Crippen molar-refractivity contribution < 1.29 is 0 Å². The molecule has 0 aromatic heterocycles. The van der Waals surface area contributed by atoms with E-state index in [2.05, 4.69) is 104 Å². The van der Waals surface area contributed by atoms with Gasteiger partial charge in [-0.25, -0.2) is 0 Å². The molecule has 0 bridgehead atoms. The number of benzene rings is 3. The molecule has 0 aliphatic rings. The maximum absolute atomic E-state index is 7.18. The second-order valence-electron chi connectivity index (χ2n) is 5.84. The second-order valence-corrected chi connectivity index (χ2v) is 8.22. The van der Waals surface area contributed by atoms with E-state index in [1.165, 1.54) is 46.1 Å². The number of hydrogen-bond acceptors (Lipinski definition) is 2. The van der Waals surface area contributed by atoms with Crippen LogP contribution in [-0.4, -0.2) is 0 Å². The summed E-state index contributed by atoms with van der Waals surface area (Å²) in [5.41, 5.74) is 1.51. The van der Waals surface area contributed by atoms with Crippen molar-refractivity contribution in [1.82, 2.24) is 0 Å². The highest BCUT2D eigenvalue weighted by atomic mass is 32.1. The van der Waals surface area contributed by atoms with Gasteiger partial charge >= 0.3 is 0 Å². The number of thiol groups is 1. The quantitative estimate of drug-likeness (QED) is 0.357. The number of thiocyanates is 1. The van der Waals surface area contributed by atoms with Crippen LogP contribution in [0.25, 0.3) is 0 Å². The predicted molar refractivity (Wildman–Crippen MR) is 118 cm³/mol. The highest BCUT2D eigenvalue weighted by Crippen LogP contribution is 2.34. The van der Waals surface area contributed by atoms with E-state index in [1.54, 1.807) is 0 Å². The topological polar surface area (TPSA) is 23.8 Å². The summed E-state index contributed by atoms with van der Waals surface area (Å²) < 4.78 is 0. The SMILES string of the molecule is CCCCc1ccccc1P(c1ccccc1)c1ccccc1.N#CS. The van der Waals surface area contributed by atoms with Crippen molar-refractivity contribution in [3.05, 3.63) is 90.5 Å². The van der Waals surface area contributed by atoms with Gasteiger partial charge in [-0.2, -0.15) is 5.26 Å². The molecule has 0 heterocycles. The molecular weight excluding hydrogens is 353 g/mol. The molecule has 0 amide bonds. The van der Waals surface area contributed by atoms with E-state index in [0.29, 0.717) is 0 Å². The first-order chi connectivity index (χ1) is 12.8. The summed E-state index contributed by atoms with van der Waals surface area (Å²) in [5.74, 6) is 0. The molecule has 1 nitrogen and oxygen atoms in total. The van der Waals surface area contributed by atoms with Crippen LogP contribution in [0.2, 0.25) is 0 Å². The van der Waals surface area contributed by atoms with E-state index in [0.717, 1.165) is 0 Å². The van der Waals surface area contributed by atoms with Crippen molar-refractivity contribution in [2.45, 2.75) is 26.2 Å². The molecule has 132 valence electrons. The number of unbranched alkanes of at least 4 members (excludes halogenated alkanes) is 1. The lowest BCUT2D eigenvalue weighted by Gasteiger charge is -2.22. The van der Waals surface area contributed by atoms with Gasteiger partial charge < -0.3 is 0 Å². The van der Waals surface area contributed by atoms with Crippen LogP contribution in [0.4, 0.5) is 0 Å². The van der Waals surface area contributed by atoms with Gasteiger partial charge in [0.25, 0.3) is 0 Å². The van der Waals surface area contributed by atoms with Crippen molar-refractivity contribution in [1.29, 1.82) is 5.26 Å². The number of hydrogen-bond donors (Lipinski definition) is 1. The molecule has 0 unspecified atom stereocenters. The Morgan fingerprint density at radius 1 is 0.808 bits per heavy atom. The Bertz CT molecular complexity index is 773. The molecule has 0 aliphatic heterocycles. The van der Waals surface area contributed by atoms with Crippen LogP contribution in [0.1, 0.15) is 25.3 Å². The van der Waals surface area contributed by atoms with Gasteiger partial charge in [0.05, 0.1) is 0 Å². The van der Waals surface area contributed by atoms with Crippen molar-refractivity contribution in [3.8, 4) is 5.40 Å². The number of aryl methyl sites for hydroxylation is 1. The standard InChI is InChI=1S/C22H23P.CHNS/c1-2-3-12-19-13-10-11-18-22(19)23(20-14-6-4-7-15-20)21-16-8-5-9-17-21;2-1-3/h4-11,13-18H,2-3,12H2,1H3;3H. The third kappa shape index (κ3) is 5.73. The lowest BCUT2D eigenvalue weighted by molar-refractivity contribution is 0.798. The first-order valence-corrected chi connectivity index (χ1v) is 10.6. The molecule has 0 radical (unpaired) electrons. The van der Waals surface area contributed by atoms with Crippen LogP contribution in [-0.2, 0) is 6.42 Å². The maximum Gasteiger partial charge on any atom is 0.130 e. The molecular formula is C23H24NPS. The lowest BCUT2D eigenvalue weighted by atomic mass is 10.1. The summed E-state index contributed by atoms with van der Waals surface area (Å²) in [4.78, 5) is 0. The van der Waals surface area contributed by atoms with Gasteiger partial charge in [-0.15, -0.1) is 0 Å². The van der Waals surface area contributed by atoms with E-state index in [4.69, 9.17) is 5.26 Å². The van der Waals surface area contributed by atoms with Crippen LogP contribution < -0.4 is 15.9 Å². The maximum atomic E-state index is 7.18. The number of rotatable bonds is 6. The third-order valence-electron chi connectivity index (χ3n) is 4.06. The van der Waals surface area contributed by atoms with E-state index in [-0.39, 0.29) is 0 Å². The van der Waals surface area contributed by atoms with Gasteiger partial charge in [-0.05, 0) is 42.2 Å². The molecule has 0 fully saturated rings. The molecule has 0 aliphatic carbocycles. The van der Waals surface area contributed by atoms with Gasteiger partial charge in [-0.3, -0.25) is 0 Å². The molecule has 3 aromatic carbocycles. The van der Waals surface area contributed by atoms with Crippen LogP contribution in [0.15, 0.2) is 84.9 Å². The van der Waals surface area contributed by atoms with Gasteiger partial charge in [0.15, 0.2) is 0 Å². The van der Waals surface area contributed by atoms with E-state index in [9.17, 15) is 0 Å². The molecule has 26 heavy (non-hydrogen) atoms. The summed E-state index contributed by atoms with van der Waals surface area (Å²) in [7, 11) is -0.483. The van der Waals surface area contributed by atoms with Crippen LogP contribution in [0.3, 0.4) is 0 Å². The lowest BCUT2D eigenvalue weighted by Crippen LogP contribution is -2.23. The monoisotopic (exact) mass is 377 g/mol. The average molecular weight is 377 g/mol. The Hall–Kier alpha value is -2.07. The van der Waals surface area contributed by atoms with Crippen LogP contribution in [0.5, 0.6) is 0 Å². The van der Waals surface area contributed by atoms with Crippen molar-refractivity contribution in [2.75, 3.05) is 0 Å². The summed E-state index contributed by atoms with van der Waals surface area (Å²) in [6.45, 7) is 2.26. The molecule has 0 saturated carbocycles. The number of nitriles is 1. The summed E-state index contributed by atoms with van der Waals surface area (Å²) in [5, 5.41) is 13.0. The van der Waals surface area contributed by atoms with Crippen molar-refractivity contribution in [3.63, 3.8) is 0 Å². The van der Waals surface area contributed by atoms with E-state index < -0.39 is 7.92 Å². The van der Waals surface area contributed by atoms with E-state index >= 15 is 0 Å². The zero-order valence-electron chi connectivity index (χ0n) is 15.0. The Balaban J connectivity index is 0.000000758. The van der Waals surface area contributed by atoms with Gasteiger partial charge in [-0.1, -0.05) is 111 Å². The minimum atomic E-state index is -0.483. The number of nitrogens with zero attached hydrogens (tertiary/aromatic N) is 1.